The molecule has 86 valence electrons. The van der Waals surface area contributed by atoms with E-state index < -0.39 is 7.14 Å². The van der Waals surface area contributed by atoms with Crippen molar-refractivity contribution in [2.45, 2.75) is 27.2 Å². The topological polar surface area (TPSA) is 17.1 Å². The van der Waals surface area contributed by atoms with Crippen LogP contribution in [0.25, 0.3) is 0 Å². The molecule has 1 heterocycles. The smallest absolute Gasteiger partial charge is 0.136 e. The second-order valence-corrected chi connectivity index (χ2v) is 8.29. The normalized spacial score (nSPS) is 28.6. The molecule has 0 aromatic heterocycles. The summed E-state index contributed by atoms with van der Waals surface area (Å²) in [6.45, 7) is 6.51. The highest BCUT2D eigenvalue weighted by Gasteiger charge is 2.35. The monoisotopic (exact) mass is 234 g/mol. The third-order valence-corrected chi connectivity index (χ3v) is 6.40. The minimum absolute atomic E-state index is 0.157. The predicted molar refractivity (Wildman–Crippen MR) is 70.7 cm³/mol. The van der Waals surface area contributed by atoms with Crippen molar-refractivity contribution in [2.75, 3.05) is 6.16 Å². The van der Waals surface area contributed by atoms with Crippen LogP contribution in [0.4, 0.5) is 0 Å². The number of hydrogen-bond donors (Lipinski definition) is 0. The number of benzene rings is 1. The van der Waals surface area contributed by atoms with Gasteiger partial charge in [0.2, 0.25) is 0 Å². The van der Waals surface area contributed by atoms with Gasteiger partial charge in [0, 0.05) is 11.5 Å². The fourth-order valence-electron chi connectivity index (χ4n) is 2.74. The summed E-state index contributed by atoms with van der Waals surface area (Å²) in [6, 6.07) is 9.90. The van der Waals surface area contributed by atoms with Gasteiger partial charge in [0.15, 0.2) is 0 Å². The zero-order valence-electron chi connectivity index (χ0n) is 10.2. The van der Waals surface area contributed by atoms with E-state index in [9.17, 15) is 4.57 Å². The van der Waals surface area contributed by atoms with Gasteiger partial charge in [-0.3, -0.25) is 0 Å². The molecule has 0 aliphatic carbocycles. The van der Waals surface area contributed by atoms with Crippen LogP contribution in [0.2, 0.25) is 0 Å². The molecule has 1 aromatic carbocycles. The molecule has 0 radical (unpaired) electrons. The van der Waals surface area contributed by atoms with Gasteiger partial charge >= 0.3 is 0 Å². The van der Waals surface area contributed by atoms with Crippen molar-refractivity contribution in [1.82, 2.24) is 0 Å². The molecule has 2 heteroatoms. The van der Waals surface area contributed by atoms with Crippen molar-refractivity contribution in [3.8, 4) is 0 Å². The quantitative estimate of drug-likeness (QED) is 0.671. The predicted octanol–water partition coefficient (Wildman–Crippen LogP) is 4.01. The first-order chi connectivity index (χ1) is 7.41. The highest BCUT2D eigenvalue weighted by atomic mass is 31.2. The third kappa shape index (κ3) is 2.30. The first-order valence-corrected chi connectivity index (χ1v) is 7.70. The first-order valence-electron chi connectivity index (χ1n) is 5.74. The van der Waals surface area contributed by atoms with Crippen LogP contribution in [0.15, 0.2) is 41.7 Å². The maximum atomic E-state index is 13.0. The highest BCUT2D eigenvalue weighted by Crippen LogP contribution is 2.56. The van der Waals surface area contributed by atoms with E-state index in [4.69, 9.17) is 0 Å². The molecule has 0 spiro atoms. The van der Waals surface area contributed by atoms with Gasteiger partial charge in [0.05, 0.1) is 0 Å². The van der Waals surface area contributed by atoms with E-state index in [1.165, 1.54) is 5.57 Å². The second-order valence-electron chi connectivity index (χ2n) is 5.61. The van der Waals surface area contributed by atoms with Gasteiger partial charge < -0.3 is 4.57 Å². The Labute approximate surface area is 97.9 Å². The fourth-order valence-corrected chi connectivity index (χ4v) is 6.03. The number of hydrogen-bond acceptors (Lipinski definition) is 1. The zero-order chi connectivity index (χ0) is 11.8. The minimum atomic E-state index is -2.31. The van der Waals surface area contributed by atoms with Crippen molar-refractivity contribution < 1.29 is 4.57 Å². The van der Waals surface area contributed by atoms with Crippen LogP contribution in [0, 0.1) is 5.41 Å². The van der Waals surface area contributed by atoms with Crippen LogP contribution in [0.5, 0.6) is 0 Å². The molecule has 1 aliphatic rings. The summed E-state index contributed by atoms with van der Waals surface area (Å²) >= 11 is 0. The van der Waals surface area contributed by atoms with Crippen LogP contribution >= 0.6 is 7.14 Å². The van der Waals surface area contributed by atoms with E-state index in [0.29, 0.717) is 0 Å². The minimum Gasteiger partial charge on any atom is -0.314 e. The van der Waals surface area contributed by atoms with Crippen LogP contribution in [0.3, 0.4) is 0 Å². The van der Waals surface area contributed by atoms with Crippen LogP contribution < -0.4 is 5.30 Å². The third-order valence-electron chi connectivity index (χ3n) is 3.04. The van der Waals surface area contributed by atoms with Gasteiger partial charge in [0.1, 0.15) is 7.14 Å². The molecular weight excluding hydrogens is 215 g/mol. The first kappa shape index (κ1) is 11.7. The fraction of sp³-hybridized carbons (Fsp3) is 0.429. The van der Waals surface area contributed by atoms with E-state index in [2.05, 4.69) is 20.8 Å². The average Bonchev–Trinajstić information content (AvgIpc) is 2.15. The van der Waals surface area contributed by atoms with Gasteiger partial charge in [-0.25, -0.2) is 0 Å². The number of allylic oxidation sites excluding steroid dienone is 1. The van der Waals surface area contributed by atoms with Crippen molar-refractivity contribution >= 4 is 12.4 Å². The Bertz CT molecular complexity index is 457. The van der Waals surface area contributed by atoms with E-state index in [0.717, 1.165) is 17.9 Å². The molecule has 0 N–H and O–H groups in total. The summed E-state index contributed by atoms with van der Waals surface area (Å²) < 4.78 is 13.0. The maximum absolute atomic E-state index is 13.0. The molecule has 16 heavy (non-hydrogen) atoms. The summed E-state index contributed by atoms with van der Waals surface area (Å²) in [7, 11) is -2.31. The second kappa shape index (κ2) is 3.89. The highest BCUT2D eigenvalue weighted by molar-refractivity contribution is 7.74. The van der Waals surface area contributed by atoms with Gasteiger partial charge in [-0.05, 0) is 24.6 Å². The van der Waals surface area contributed by atoms with E-state index >= 15 is 0 Å². The van der Waals surface area contributed by atoms with Crippen molar-refractivity contribution in [2.24, 2.45) is 5.41 Å². The lowest BCUT2D eigenvalue weighted by atomic mass is 9.88. The molecule has 1 aliphatic heterocycles. The summed E-state index contributed by atoms with van der Waals surface area (Å²) in [6.07, 6.45) is 1.85. The molecule has 1 aromatic rings. The van der Waals surface area contributed by atoms with Crippen LogP contribution in [-0.4, -0.2) is 6.16 Å². The Morgan fingerprint density at radius 1 is 1.19 bits per heavy atom. The molecule has 1 nitrogen and oxygen atoms in total. The summed E-state index contributed by atoms with van der Waals surface area (Å²) in [5.41, 5.74) is 1.42. The average molecular weight is 234 g/mol. The Hall–Kier alpha value is -0.810. The Morgan fingerprint density at radius 2 is 1.81 bits per heavy atom. The Balaban J connectivity index is 2.47. The van der Waals surface area contributed by atoms with Gasteiger partial charge in [-0.1, -0.05) is 49.8 Å². The Morgan fingerprint density at radius 3 is 2.38 bits per heavy atom. The molecule has 0 saturated heterocycles. The summed E-state index contributed by atoms with van der Waals surface area (Å²) in [5, 5.41) is 1.00. The zero-order valence-corrected chi connectivity index (χ0v) is 11.1. The van der Waals surface area contributed by atoms with E-state index in [-0.39, 0.29) is 5.41 Å². The number of rotatable bonds is 1. The molecule has 0 bridgehead atoms. The summed E-state index contributed by atoms with van der Waals surface area (Å²) in [5.74, 6) is 2.02. The van der Waals surface area contributed by atoms with Gasteiger partial charge in [0.25, 0.3) is 0 Å². The van der Waals surface area contributed by atoms with E-state index in [1.54, 1.807) is 0 Å². The molecule has 1 unspecified atom stereocenters. The van der Waals surface area contributed by atoms with Crippen molar-refractivity contribution in [1.29, 1.82) is 0 Å². The molecular formula is C14H19OP. The van der Waals surface area contributed by atoms with Gasteiger partial charge in [-0.15, -0.1) is 0 Å². The summed E-state index contributed by atoms with van der Waals surface area (Å²) in [4.78, 5) is 0. The lowest BCUT2D eigenvalue weighted by molar-refractivity contribution is 0.405. The van der Waals surface area contributed by atoms with Crippen molar-refractivity contribution in [3.63, 3.8) is 0 Å². The Kier molecular flexibility index (Phi) is 2.84. The molecule has 0 saturated carbocycles. The van der Waals surface area contributed by atoms with Gasteiger partial charge in [-0.2, -0.15) is 0 Å². The van der Waals surface area contributed by atoms with Crippen LogP contribution in [-0.2, 0) is 4.57 Å². The lowest BCUT2D eigenvalue weighted by Crippen LogP contribution is -2.24. The molecule has 0 fully saturated rings. The molecule has 1 atom stereocenters. The SMILES string of the molecule is CC1=CP(=O)(c2ccccc2)CC(C)(C)C1. The van der Waals surface area contributed by atoms with E-state index in [1.807, 2.05) is 36.1 Å². The molecule has 2 rings (SSSR count). The van der Waals surface area contributed by atoms with Crippen LogP contribution in [0.1, 0.15) is 27.2 Å². The van der Waals surface area contributed by atoms with Crippen molar-refractivity contribution in [3.05, 3.63) is 41.7 Å². The maximum Gasteiger partial charge on any atom is 0.136 e. The lowest BCUT2D eigenvalue weighted by Gasteiger charge is -2.34. The standard InChI is InChI=1S/C14H19OP/c1-12-9-14(2,3)11-16(15,10-12)13-7-5-4-6-8-13/h4-8,10H,9,11H2,1-3H3. The largest absolute Gasteiger partial charge is 0.314 e. The molecule has 0 amide bonds.